The van der Waals surface area contributed by atoms with E-state index in [-0.39, 0.29) is 11.9 Å². The monoisotopic (exact) mass is 509 g/mol. The van der Waals surface area contributed by atoms with Crippen LogP contribution in [0.25, 0.3) is 0 Å². The minimum atomic E-state index is -4.20. The van der Waals surface area contributed by atoms with Gasteiger partial charge >= 0.3 is 19.4 Å². The number of esters is 1. The van der Waals surface area contributed by atoms with Crippen LogP contribution in [-0.2, 0) is 28.2 Å². The minimum absolute atomic E-state index is 0.206. The van der Waals surface area contributed by atoms with Crippen molar-refractivity contribution in [2.75, 3.05) is 6.61 Å². The molecule has 0 saturated carbocycles. The maximum atomic E-state index is 13.5. The van der Waals surface area contributed by atoms with Crippen molar-refractivity contribution in [3.8, 4) is 5.75 Å². The van der Waals surface area contributed by atoms with Crippen LogP contribution in [0.2, 0.25) is 0 Å². The van der Waals surface area contributed by atoms with E-state index in [0.717, 1.165) is 10.6 Å². The summed E-state index contributed by atoms with van der Waals surface area (Å²) in [6.45, 7) is 5.87. The van der Waals surface area contributed by atoms with E-state index < -0.39 is 61.6 Å². The van der Waals surface area contributed by atoms with Gasteiger partial charge in [-0.25, -0.2) is 9.36 Å². The van der Waals surface area contributed by atoms with Crippen LogP contribution in [0.4, 0.5) is 0 Å². The van der Waals surface area contributed by atoms with Crippen molar-refractivity contribution in [3.05, 3.63) is 63.4 Å². The van der Waals surface area contributed by atoms with Gasteiger partial charge < -0.3 is 14.0 Å². The first-order chi connectivity index (χ1) is 16.5. The molecule has 1 aliphatic rings. The largest absolute Gasteiger partial charge is 0.462 e. The molecule has 0 aliphatic carbocycles. The number of rotatable bonds is 10. The number of hydrogen-bond acceptors (Lipinski definition) is 9. The molecule has 2 heterocycles. The molecule has 0 spiro atoms. The molecule has 1 saturated heterocycles. The molecule has 0 amide bonds. The van der Waals surface area contributed by atoms with Gasteiger partial charge in [0.25, 0.3) is 5.56 Å². The van der Waals surface area contributed by atoms with Crippen LogP contribution >= 0.6 is 7.75 Å². The summed E-state index contributed by atoms with van der Waals surface area (Å²) >= 11 is 0. The number of nitrogens with zero attached hydrogens (tertiary/aromatic N) is 1. The number of hydrogen-bond donors (Lipinski definition) is 2. The Morgan fingerprint density at radius 1 is 1.17 bits per heavy atom. The average Bonchev–Trinajstić information content (AvgIpc) is 3.06. The van der Waals surface area contributed by atoms with Crippen LogP contribution in [-0.4, -0.2) is 46.2 Å². The second-order valence-electron chi connectivity index (χ2n) is 8.26. The molecule has 0 radical (unpaired) electrons. The van der Waals surface area contributed by atoms with Crippen molar-refractivity contribution in [3.63, 3.8) is 0 Å². The van der Waals surface area contributed by atoms with Crippen molar-refractivity contribution < 1.29 is 32.7 Å². The van der Waals surface area contributed by atoms with Gasteiger partial charge in [-0.3, -0.25) is 28.5 Å². The molecule has 1 aromatic carbocycles. The molecule has 13 heteroatoms. The fourth-order valence-corrected chi connectivity index (χ4v) is 4.83. The Labute approximate surface area is 201 Å². The lowest BCUT2D eigenvalue weighted by Gasteiger charge is -2.24. The van der Waals surface area contributed by atoms with Gasteiger partial charge in [-0.2, -0.15) is 5.09 Å². The standard InChI is InChI=1S/C22H28N3O9P/c1-13(2)32-21(28)15(4)24-35(30,34-16-8-6-5-7-9-16)31-12-17-19(27)14(3)20(33-17)25-11-10-18(26)23-22(25)29/h5-11,13-15,17,20H,12H2,1-4H3,(H,24,30)(H,23,26,29)/t14-,15-,17+,20+,35?/m0/s1. The van der Waals surface area contributed by atoms with Crippen LogP contribution in [0.1, 0.15) is 33.9 Å². The van der Waals surface area contributed by atoms with Gasteiger partial charge in [0, 0.05) is 12.3 Å². The third-order valence-electron chi connectivity index (χ3n) is 5.04. The lowest BCUT2D eigenvalue weighted by molar-refractivity contribution is -0.149. The predicted octanol–water partition coefficient (Wildman–Crippen LogP) is 1.77. The first-order valence-corrected chi connectivity index (χ1v) is 12.5. The van der Waals surface area contributed by atoms with Crippen molar-refractivity contribution in [2.45, 2.75) is 52.2 Å². The molecule has 0 bridgehead atoms. The Bertz CT molecular complexity index is 1210. The van der Waals surface area contributed by atoms with E-state index in [9.17, 15) is 23.7 Å². The second-order valence-corrected chi connectivity index (χ2v) is 9.95. The first kappa shape index (κ1) is 26.6. The normalized spacial score (nSPS) is 22.5. The zero-order chi connectivity index (χ0) is 25.8. The number of ketones is 1. The summed E-state index contributed by atoms with van der Waals surface area (Å²) in [6.07, 6.45) is -1.34. The van der Waals surface area contributed by atoms with Crippen LogP contribution in [0.3, 0.4) is 0 Å². The van der Waals surface area contributed by atoms with Crippen molar-refractivity contribution in [2.24, 2.45) is 5.92 Å². The second kappa shape index (κ2) is 11.1. The molecule has 190 valence electrons. The molecule has 12 nitrogen and oxygen atoms in total. The van der Waals surface area contributed by atoms with Gasteiger partial charge in [0.15, 0.2) is 5.78 Å². The van der Waals surface area contributed by atoms with Crippen molar-refractivity contribution in [1.29, 1.82) is 0 Å². The number of ether oxygens (including phenoxy) is 2. The topological polar surface area (TPSA) is 155 Å². The number of carbonyl (C=O) groups is 2. The highest BCUT2D eigenvalue weighted by atomic mass is 31.2. The Hall–Kier alpha value is -3.05. The molecule has 1 aromatic heterocycles. The summed E-state index contributed by atoms with van der Waals surface area (Å²) in [5.74, 6) is -1.61. The number of H-pyrrole nitrogens is 1. The molecule has 2 N–H and O–H groups in total. The summed E-state index contributed by atoms with van der Waals surface area (Å²) < 4.78 is 36.5. The summed E-state index contributed by atoms with van der Waals surface area (Å²) in [5, 5.41) is 2.53. The Kier molecular flexibility index (Phi) is 8.44. The van der Waals surface area contributed by atoms with Gasteiger partial charge in [-0.1, -0.05) is 25.1 Å². The molecule has 1 unspecified atom stereocenters. The predicted molar refractivity (Wildman–Crippen MR) is 124 cm³/mol. The minimum Gasteiger partial charge on any atom is -0.462 e. The summed E-state index contributed by atoms with van der Waals surface area (Å²) in [5.41, 5.74) is -1.32. The molecule has 1 aliphatic heterocycles. The number of aromatic amines is 1. The fourth-order valence-electron chi connectivity index (χ4n) is 3.34. The third kappa shape index (κ3) is 6.76. The Balaban J connectivity index is 1.76. The SMILES string of the molecule is CC(C)OC(=O)[C@H](C)NP(=O)(OC[C@H]1O[C@@H](n2ccc(=O)[nH]c2=O)[C@@H](C)C1=O)Oc1ccccc1. The van der Waals surface area contributed by atoms with Crippen LogP contribution < -0.4 is 20.9 Å². The van der Waals surface area contributed by atoms with Crippen LogP contribution in [0, 0.1) is 5.92 Å². The molecule has 2 aromatic rings. The average molecular weight is 509 g/mol. The van der Waals surface area contributed by atoms with Crippen molar-refractivity contribution >= 4 is 19.5 Å². The molecule has 5 atom stereocenters. The lowest BCUT2D eigenvalue weighted by Crippen LogP contribution is -2.37. The quantitative estimate of drug-likeness (QED) is 0.358. The molecular weight excluding hydrogens is 481 g/mol. The fraction of sp³-hybridized carbons (Fsp3) is 0.455. The Morgan fingerprint density at radius 3 is 2.49 bits per heavy atom. The molecule has 35 heavy (non-hydrogen) atoms. The van der Waals surface area contributed by atoms with E-state index in [4.69, 9.17) is 18.5 Å². The first-order valence-electron chi connectivity index (χ1n) is 11.0. The highest BCUT2D eigenvalue weighted by Gasteiger charge is 2.44. The maximum absolute atomic E-state index is 13.5. The number of nitrogens with one attached hydrogen (secondary N) is 2. The van der Waals surface area contributed by atoms with E-state index in [0.29, 0.717) is 0 Å². The third-order valence-corrected chi connectivity index (χ3v) is 6.69. The van der Waals surface area contributed by atoms with E-state index >= 15 is 0 Å². The molecule has 3 rings (SSSR count). The number of benzene rings is 1. The van der Waals surface area contributed by atoms with E-state index in [2.05, 4.69) is 10.1 Å². The zero-order valence-electron chi connectivity index (χ0n) is 19.7. The van der Waals surface area contributed by atoms with Gasteiger partial charge in [-0.15, -0.1) is 0 Å². The molecular formula is C22H28N3O9P. The number of para-hydroxylation sites is 1. The highest BCUT2D eigenvalue weighted by Crippen LogP contribution is 2.46. The smallest absolute Gasteiger partial charge is 0.459 e. The number of aromatic nitrogens is 2. The van der Waals surface area contributed by atoms with Crippen LogP contribution in [0.5, 0.6) is 5.75 Å². The number of Topliss-reactive ketones (excluding diaryl/α,β-unsaturated/α-hetero) is 1. The summed E-state index contributed by atoms with van der Waals surface area (Å²) in [6, 6.07) is 8.23. The van der Waals surface area contributed by atoms with E-state index in [1.165, 1.54) is 13.1 Å². The van der Waals surface area contributed by atoms with E-state index in [1.54, 1.807) is 51.1 Å². The lowest BCUT2D eigenvalue weighted by atomic mass is 10.0. The number of carbonyl (C=O) groups excluding carboxylic acids is 2. The maximum Gasteiger partial charge on any atom is 0.459 e. The zero-order valence-corrected chi connectivity index (χ0v) is 20.6. The molecule has 1 fully saturated rings. The van der Waals surface area contributed by atoms with Gasteiger partial charge in [-0.05, 0) is 32.9 Å². The van der Waals surface area contributed by atoms with Gasteiger partial charge in [0.2, 0.25) is 0 Å². The highest BCUT2D eigenvalue weighted by molar-refractivity contribution is 7.52. The van der Waals surface area contributed by atoms with E-state index in [1.807, 2.05) is 0 Å². The van der Waals surface area contributed by atoms with Gasteiger partial charge in [0.05, 0.1) is 18.6 Å². The van der Waals surface area contributed by atoms with Crippen LogP contribution in [0.15, 0.2) is 52.2 Å². The summed E-state index contributed by atoms with van der Waals surface area (Å²) in [7, 11) is -4.20. The Morgan fingerprint density at radius 2 is 1.86 bits per heavy atom. The van der Waals surface area contributed by atoms with Crippen molar-refractivity contribution in [1.82, 2.24) is 14.6 Å². The van der Waals surface area contributed by atoms with Gasteiger partial charge in [0.1, 0.15) is 24.1 Å². The summed E-state index contributed by atoms with van der Waals surface area (Å²) in [4.78, 5) is 50.6.